The topological polar surface area (TPSA) is 75.4 Å². The molecule has 0 unspecified atom stereocenters. The number of nitrogens with zero attached hydrogens (tertiary/aromatic N) is 3. The molecule has 1 aromatic heterocycles. The zero-order chi connectivity index (χ0) is 27.8. The standard InChI is InChI=1S/C28H25F4N3O3/c1-15(2)22-11-23(25(37-4)12-24(22)29)21-6-5-19(28(30,31)32)9-18(21)14-35-16(3)26(38-27(35)36)17-7-8-34-20(10-17)13-33/h5-12,15-16,26H,14H2,1-4H3/t16-,26-/m1/s1. The molecule has 10 heteroatoms. The Hall–Kier alpha value is -4.13. The Labute approximate surface area is 217 Å². The van der Waals surface area contributed by atoms with Crippen LogP contribution in [-0.2, 0) is 17.5 Å². The molecule has 38 heavy (non-hydrogen) atoms. The zero-order valence-corrected chi connectivity index (χ0v) is 21.1. The molecule has 0 N–H and O–H groups in total. The summed E-state index contributed by atoms with van der Waals surface area (Å²) < 4.78 is 66.6. The van der Waals surface area contributed by atoms with Crippen molar-refractivity contribution in [1.29, 1.82) is 5.26 Å². The highest BCUT2D eigenvalue weighted by Gasteiger charge is 2.40. The van der Waals surface area contributed by atoms with E-state index >= 15 is 0 Å². The lowest BCUT2D eigenvalue weighted by Crippen LogP contribution is -2.31. The summed E-state index contributed by atoms with van der Waals surface area (Å²) in [5.41, 5.74) is 1.16. The van der Waals surface area contributed by atoms with Gasteiger partial charge in [-0.1, -0.05) is 19.9 Å². The molecule has 0 spiro atoms. The third-order valence-electron chi connectivity index (χ3n) is 6.62. The van der Waals surface area contributed by atoms with Crippen LogP contribution in [0.15, 0.2) is 48.7 Å². The van der Waals surface area contributed by atoms with E-state index in [4.69, 9.17) is 14.7 Å². The molecule has 4 rings (SSSR count). The summed E-state index contributed by atoms with van der Waals surface area (Å²) in [5, 5.41) is 9.16. The minimum atomic E-state index is -4.62. The predicted molar refractivity (Wildman–Crippen MR) is 131 cm³/mol. The Morgan fingerprint density at radius 3 is 2.53 bits per heavy atom. The number of halogens is 4. The van der Waals surface area contributed by atoms with Crippen molar-refractivity contribution in [2.75, 3.05) is 7.11 Å². The summed E-state index contributed by atoms with van der Waals surface area (Å²) in [4.78, 5) is 18.1. The van der Waals surface area contributed by atoms with Gasteiger partial charge in [0.15, 0.2) is 0 Å². The van der Waals surface area contributed by atoms with Crippen LogP contribution < -0.4 is 4.74 Å². The van der Waals surface area contributed by atoms with Crippen LogP contribution in [0.1, 0.15) is 60.7 Å². The van der Waals surface area contributed by atoms with Crippen LogP contribution in [-0.4, -0.2) is 29.1 Å². The van der Waals surface area contributed by atoms with Crippen molar-refractivity contribution < 1.29 is 31.8 Å². The summed E-state index contributed by atoms with van der Waals surface area (Å²) in [5.74, 6) is -0.517. The van der Waals surface area contributed by atoms with Gasteiger partial charge in [-0.3, -0.25) is 4.90 Å². The fourth-order valence-corrected chi connectivity index (χ4v) is 4.59. The van der Waals surface area contributed by atoms with E-state index in [1.807, 2.05) is 6.07 Å². The van der Waals surface area contributed by atoms with E-state index < -0.39 is 35.8 Å². The number of methoxy groups -OCH3 is 1. The minimum Gasteiger partial charge on any atom is -0.496 e. The molecule has 6 nitrogen and oxygen atoms in total. The highest BCUT2D eigenvalue weighted by atomic mass is 19.4. The molecule has 1 aliphatic rings. The first-order valence-electron chi connectivity index (χ1n) is 11.9. The smallest absolute Gasteiger partial charge is 0.416 e. The Morgan fingerprint density at radius 2 is 1.89 bits per heavy atom. The molecule has 2 heterocycles. The lowest BCUT2D eigenvalue weighted by atomic mass is 9.92. The maximum atomic E-state index is 14.7. The lowest BCUT2D eigenvalue weighted by molar-refractivity contribution is -0.137. The quantitative estimate of drug-likeness (QED) is 0.323. The normalized spacial score (nSPS) is 17.5. The monoisotopic (exact) mass is 527 g/mol. The number of hydrogen-bond donors (Lipinski definition) is 0. The van der Waals surface area contributed by atoms with Crippen molar-refractivity contribution in [2.24, 2.45) is 0 Å². The van der Waals surface area contributed by atoms with Gasteiger partial charge in [-0.2, -0.15) is 18.4 Å². The van der Waals surface area contributed by atoms with E-state index in [1.54, 1.807) is 32.9 Å². The van der Waals surface area contributed by atoms with Gasteiger partial charge in [0.1, 0.15) is 29.4 Å². The second-order valence-corrected chi connectivity index (χ2v) is 9.36. The van der Waals surface area contributed by atoms with Crippen LogP contribution in [0.25, 0.3) is 11.1 Å². The number of ether oxygens (including phenoxy) is 2. The van der Waals surface area contributed by atoms with Gasteiger partial charge in [-0.05, 0) is 65.4 Å². The Kier molecular flexibility index (Phi) is 7.31. The second kappa shape index (κ2) is 10.3. The van der Waals surface area contributed by atoms with Crippen molar-refractivity contribution in [2.45, 2.75) is 51.6 Å². The largest absolute Gasteiger partial charge is 0.496 e. The van der Waals surface area contributed by atoms with E-state index in [-0.39, 0.29) is 29.5 Å². The van der Waals surface area contributed by atoms with Crippen LogP contribution in [0.3, 0.4) is 0 Å². The third-order valence-corrected chi connectivity index (χ3v) is 6.62. The van der Waals surface area contributed by atoms with Gasteiger partial charge >= 0.3 is 12.3 Å². The molecule has 2 aromatic carbocycles. The number of hydrogen-bond acceptors (Lipinski definition) is 5. The summed E-state index contributed by atoms with van der Waals surface area (Å²) in [6, 6.07) is 10.5. The van der Waals surface area contributed by atoms with Crippen LogP contribution in [0, 0.1) is 17.1 Å². The van der Waals surface area contributed by atoms with Gasteiger partial charge < -0.3 is 9.47 Å². The Morgan fingerprint density at radius 1 is 1.16 bits per heavy atom. The number of cyclic esters (lactones) is 1. The van der Waals surface area contributed by atoms with Crippen LogP contribution in [0.2, 0.25) is 0 Å². The SMILES string of the molecule is COc1cc(F)c(C(C)C)cc1-c1ccc(C(F)(F)F)cc1CN1C(=O)O[C@@H](c2ccnc(C#N)c2)[C@H]1C. The first kappa shape index (κ1) is 26.9. The van der Waals surface area contributed by atoms with Crippen molar-refractivity contribution >= 4 is 6.09 Å². The first-order chi connectivity index (χ1) is 17.9. The molecular weight excluding hydrogens is 502 g/mol. The van der Waals surface area contributed by atoms with Gasteiger partial charge in [0.05, 0.1) is 25.3 Å². The third kappa shape index (κ3) is 5.14. The molecule has 0 aliphatic carbocycles. The zero-order valence-electron chi connectivity index (χ0n) is 21.1. The average molecular weight is 528 g/mol. The van der Waals surface area contributed by atoms with Gasteiger partial charge in [0.25, 0.3) is 0 Å². The molecule has 1 saturated heterocycles. The lowest BCUT2D eigenvalue weighted by Gasteiger charge is -2.24. The number of rotatable bonds is 6. The molecule has 0 bridgehead atoms. The summed E-state index contributed by atoms with van der Waals surface area (Å²) >= 11 is 0. The highest BCUT2D eigenvalue weighted by Crippen LogP contribution is 2.41. The highest BCUT2D eigenvalue weighted by molar-refractivity contribution is 5.76. The fourth-order valence-electron chi connectivity index (χ4n) is 4.59. The average Bonchev–Trinajstić information content (AvgIpc) is 3.16. The number of pyridine rings is 1. The van der Waals surface area contributed by atoms with Gasteiger partial charge in [-0.25, -0.2) is 14.2 Å². The number of amides is 1. The molecule has 1 amide bonds. The van der Waals surface area contributed by atoms with Crippen molar-refractivity contribution in [3.8, 4) is 22.9 Å². The summed E-state index contributed by atoms with van der Waals surface area (Å²) in [6.07, 6.45) is -4.65. The van der Waals surface area contributed by atoms with E-state index in [0.717, 1.165) is 12.1 Å². The molecule has 198 valence electrons. The number of nitriles is 1. The minimum absolute atomic E-state index is 0.147. The molecular formula is C28H25F4N3O3. The Bertz CT molecular complexity index is 1420. The van der Waals surface area contributed by atoms with Crippen molar-refractivity contribution in [1.82, 2.24) is 9.88 Å². The molecule has 2 atom stereocenters. The van der Waals surface area contributed by atoms with E-state index in [1.165, 1.54) is 36.4 Å². The summed E-state index contributed by atoms with van der Waals surface area (Å²) in [7, 11) is 1.35. The first-order valence-corrected chi connectivity index (χ1v) is 11.9. The molecule has 1 fully saturated rings. The van der Waals surface area contributed by atoms with E-state index in [0.29, 0.717) is 22.3 Å². The van der Waals surface area contributed by atoms with Gasteiger partial charge in [-0.15, -0.1) is 0 Å². The molecule has 0 radical (unpaired) electrons. The van der Waals surface area contributed by atoms with Gasteiger partial charge in [0, 0.05) is 17.8 Å². The van der Waals surface area contributed by atoms with Gasteiger partial charge in [0.2, 0.25) is 0 Å². The van der Waals surface area contributed by atoms with Crippen molar-refractivity contribution in [3.63, 3.8) is 0 Å². The second-order valence-electron chi connectivity index (χ2n) is 9.36. The van der Waals surface area contributed by atoms with E-state index in [2.05, 4.69) is 4.98 Å². The number of alkyl halides is 3. The fraction of sp³-hybridized carbons (Fsp3) is 0.321. The predicted octanol–water partition coefficient (Wildman–Crippen LogP) is 6.99. The maximum Gasteiger partial charge on any atom is 0.416 e. The van der Waals surface area contributed by atoms with Crippen LogP contribution >= 0.6 is 0 Å². The molecule has 0 saturated carbocycles. The maximum absolute atomic E-state index is 14.7. The molecule has 1 aliphatic heterocycles. The number of benzene rings is 2. The van der Waals surface area contributed by atoms with Crippen LogP contribution in [0.5, 0.6) is 5.75 Å². The Balaban J connectivity index is 1.80. The number of carbonyl (C=O) groups excluding carboxylic acids is 1. The molecule has 3 aromatic rings. The number of aromatic nitrogens is 1. The van der Waals surface area contributed by atoms with Crippen molar-refractivity contribution in [3.05, 3.63) is 82.4 Å². The number of carbonyl (C=O) groups is 1. The van der Waals surface area contributed by atoms with E-state index in [9.17, 15) is 22.4 Å². The van der Waals surface area contributed by atoms with Crippen LogP contribution in [0.4, 0.5) is 22.4 Å². The summed E-state index contributed by atoms with van der Waals surface area (Å²) in [6.45, 7) is 5.12.